The number of halogens is 4. The van der Waals surface area contributed by atoms with Crippen LogP contribution < -0.4 is 34.7 Å². The minimum atomic E-state index is -3.10. The van der Waals surface area contributed by atoms with Gasteiger partial charge in [-0.3, -0.25) is 33.5 Å². The predicted molar refractivity (Wildman–Crippen MR) is 276 cm³/mol. The van der Waals surface area contributed by atoms with Crippen LogP contribution in [0.1, 0.15) is 58.0 Å². The Hall–Kier alpha value is -5.03. The fourth-order valence-electron chi connectivity index (χ4n) is 7.51. The largest absolute Gasteiger partial charge is 0.489 e. The number of nitrogens with two attached hydrogens (primary N) is 1. The van der Waals surface area contributed by atoms with E-state index in [1.54, 1.807) is 16.9 Å². The predicted octanol–water partition coefficient (Wildman–Crippen LogP) is 7.54. The highest BCUT2D eigenvalue weighted by molar-refractivity contribution is 7.57. The first kappa shape index (κ1) is 58.5. The van der Waals surface area contributed by atoms with Crippen molar-refractivity contribution in [2.75, 3.05) is 67.0 Å². The van der Waals surface area contributed by atoms with Gasteiger partial charge in [-0.25, -0.2) is 9.38 Å². The average molecular weight is 1080 g/mol. The van der Waals surface area contributed by atoms with E-state index in [1.165, 1.54) is 35.2 Å². The summed E-state index contributed by atoms with van der Waals surface area (Å²) in [6, 6.07) is 15.1. The molecular formula is C48H60Cl3FN7O10PS. The number of amides is 3. The van der Waals surface area contributed by atoms with Crippen LogP contribution in [0.2, 0.25) is 0 Å². The summed E-state index contributed by atoms with van der Waals surface area (Å²) in [6.07, 6.45) is 7.96. The first-order chi connectivity index (χ1) is 33.5. The summed E-state index contributed by atoms with van der Waals surface area (Å²) >= 11 is 18.2. The van der Waals surface area contributed by atoms with Crippen LogP contribution in [0.4, 0.5) is 27.1 Å². The van der Waals surface area contributed by atoms with Crippen molar-refractivity contribution in [2.45, 2.75) is 83.8 Å². The SMILES string of the molecule is C#CCN1C(=O)COc2cc(F)c(/N=c3\snc4n3CC(C)(C)C4)cc21.CC1COc2ccccc2N1C(=O)C(Cl)Cl.CCc1cccc(CC)c1N(COC)C(=O)CCl.CP(=O)(O)CCC(N)C(=O)O. The number of aryl methyl sites for hydroxylation is 2. The molecule has 3 atom stereocenters. The number of aromatic nitrogens is 2. The smallest absolute Gasteiger partial charge is 0.320 e. The lowest BCUT2D eigenvalue weighted by molar-refractivity contribution is -0.138. The van der Waals surface area contributed by atoms with Gasteiger partial charge in [-0.2, -0.15) is 4.37 Å². The highest BCUT2D eigenvalue weighted by Crippen LogP contribution is 2.39. The van der Waals surface area contributed by atoms with Gasteiger partial charge in [-0.1, -0.05) is 87.1 Å². The zero-order valence-corrected chi connectivity index (χ0v) is 44.6. The molecule has 4 heterocycles. The summed E-state index contributed by atoms with van der Waals surface area (Å²) in [7, 11) is -1.52. The van der Waals surface area contributed by atoms with Crippen molar-refractivity contribution >= 4 is 100 Å². The second-order valence-corrected chi connectivity index (χ2v) is 22.0. The van der Waals surface area contributed by atoms with Crippen LogP contribution in [0.3, 0.4) is 0 Å². The molecule has 0 bridgehead atoms. The second-order valence-electron chi connectivity index (χ2n) is 17.3. The van der Waals surface area contributed by atoms with Crippen LogP contribution in [0.25, 0.3) is 0 Å². The summed E-state index contributed by atoms with van der Waals surface area (Å²) in [6.45, 7) is 13.0. The molecule has 71 heavy (non-hydrogen) atoms. The van der Waals surface area contributed by atoms with Gasteiger partial charge in [-0.05, 0) is 60.9 Å². The van der Waals surface area contributed by atoms with E-state index in [9.17, 15) is 28.1 Å². The monoisotopic (exact) mass is 1080 g/mol. The maximum absolute atomic E-state index is 14.5. The molecule has 17 nitrogen and oxygen atoms in total. The fourth-order valence-corrected chi connectivity index (χ4v) is 9.38. The molecule has 3 aliphatic heterocycles. The van der Waals surface area contributed by atoms with Crippen LogP contribution >= 0.6 is 53.7 Å². The molecule has 3 aliphatic rings. The number of terminal acetylenes is 1. The number of hydrogen-bond acceptors (Lipinski definition) is 12. The van der Waals surface area contributed by atoms with Crippen molar-refractivity contribution in [3.05, 3.63) is 82.2 Å². The van der Waals surface area contributed by atoms with E-state index >= 15 is 0 Å². The van der Waals surface area contributed by atoms with Crippen LogP contribution in [-0.4, -0.2) is 112 Å². The van der Waals surface area contributed by atoms with Gasteiger partial charge in [0, 0.05) is 50.5 Å². The number of carbonyl (C=O) groups is 4. The number of para-hydroxylation sites is 3. The lowest BCUT2D eigenvalue weighted by atomic mass is 9.92. The van der Waals surface area contributed by atoms with E-state index in [1.807, 2.05) is 54.0 Å². The van der Waals surface area contributed by atoms with Crippen LogP contribution in [0.5, 0.6) is 11.5 Å². The first-order valence-electron chi connectivity index (χ1n) is 22.4. The Balaban J connectivity index is 0.000000216. The number of anilines is 3. The van der Waals surface area contributed by atoms with Gasteiger partial charge in [0.25, 0.3) is 11.8 Å². The maximum Gasteiger partial charge on any atom is 0.320 e. The summed E-state index contributed by atoms with van der Waals surface area (Å²) in [4.78, 5) is 63.4. The third-order valence-corrected chi connectivity index (χ3v) is 13.5. The Kier molecular flexibility index (Phi) is 21.9. The standard InChI is InChI=1S/C18H17FN4O2S.C14H20ClNO2.C11H11Cl2NO2.C5H12NO4P/c1-4-5-22-13-7-12(11(19)6-14(13)25-9-16(22)24)20-17-23-10-18(2,3)8-15(23)21-26-17;1-4-11-7-6-8-12(5-2)14(11)16(10-18-3)13(17)9-15;1-7-6-16-9-5-3-2-4-8(9)14(7)11(15)10(12)13;1-11(9,10)3-2-4(6)5(7)8/h1,6-7H,5,8-10H2,2-3H3;6-8H,4-5,9-10H2,1-3H3;2-5,7,10H,6H2,1H3;4H,2-3,6H2,1H3,(H,7,8)(H,9,10)/b20-17-;;;. The van der Waals surface area contributed by atoms with Gasteiger partial charge in [0.1, 0.15) is 48.3 Å². The fraction of sp³-hybridized carbons (Fsp3) is 0.458. The number of carboxylic acids is 1. The van der Waals surface area contributed by atoms with Crippen LogP contribution in [0.15, 0.2) is 59.6 Å². The van der Waals surface area contributed by atoms with E-state index in [0.29, 0.717) is 28.6 Å². The molecule has 0 spiro atoms. The Morgan fingerprint density at radius 3 is 2.35 bits per heavy atom. The van der Waals surface area contributed by atoms with Gasteiger partial charge in [0.15, 0.2) is 24.6 Å². The van der Waals surface area contributed by atoms with Gasteiger partial charge in [0.05, 0.1) is 29.6 Å². The third kappa shape index (κ3) is 16.0. The van der Waals surface area contributed by atoms with Crippen LogP contribution in [-0.2, 0) is 54.3 Å². The van der Waals surface area contributed by atoms with E-state index in [-0.39, 0.29) is 73.2 Å². The van der Waals surface area contributed by atoms with Gasteiger partial charge >= 0.3 is 5.97 Å². The molecule has 7 rings (SSSR count). The number of carboxylic acid groups (broad SMARTS) is 1. The number of methoxy groups -OCH3 is 1. The Labute approximate surface area is 432 Å². The summed E-state index contributed by atoms with van der Waals surface area (Å²) in [5.41, 5.74) is 9.73. The maximum atomic E-state index is 14.5. The topological polar surface area (TPSA) is 219 Å². The number of aliphatic carboxylic acids is 1. The Morgan fingerprint density at radius 1 is 1.11 bits per heavy atom. The highest BCUT2D eigenvalue weighted by Gasteiger charge is 2.33. The number of nitrogens with zero attached hydrogens (tertiary/aromatic N) is 6. The molecule has 3 amide bonds. The zero-order chi connectivity index (χ0) is 52.8. The van der Waals surface area contributed by atoms with Crippen molar-refractivity contribution in [3.8, 4) is 23.8 Å². The molecule has 0 saturated heterocycles. The lowest BCUT2D eigenvalue weighted by Crippen LogP contribution is -2.47. The number of carbonyl (C=O) groups excluding carboxylic acids is 3. The highest BCUT2D eigenvalue weighted by atomic mass is 35.5. The molecule has 4 N–H and O–H groups in total. The molecule has 1 aromatic heterocycles. The summed E-state index contributed by atoms with van der Waals surface area (Å²) < 4.78 is 47.6. The molecule has 23 heteroatoms. The minimum Gasteiger partial charge on any atom is -0.489 e. The molecule has 3 aromatic carbocycles. The number of ether oxygens (including phenoxy) is 3. The van der Waals surface area contributed by atoms with Crippen molar-refractivity contribution in [1.82, 2.24) is 8.94 Å². The summed E-state index contributed by atoms with van der Waals surface area (Å²) in [5, 5.41) is 8.28. The zero-order valence-electron chi connectivity index (χ0n) is 40.6. The molecule has 0 fully saturated rings. The number of hydrogen-bond donors (Lipinski definition) is 3. The van der Waals surface area contributed by atoms with Crippen molar-refractivity contribution in [3.63, 3.8) is 0 Å². The average Bonchev–Trinajstić information content (AvgIpc) is 3.85. The second kappa shape index (κ2) is 26.6. The minimum absolute atomic E-state index is 0.0371. The van der Waals surface area contributed by atoms with Crippen LogP contribution in [0, 0.1) is 23.6 Å². The van der Waals surface area contributed by atoms with Crippen molar-refractivity contribution in [2.24, 2.45) is 16.1 Å². The van der Waals surface area contributed by atoms with Gasteiger partial charge < -0.3 is 39.4 Å². The molecule has 4 aromatic rings. The van der Waals surface area contributed by atoms with E-state index < -0.39 is 30.0 Å². The number of fused-ring (bicyclic) bond motifs is 3. The molecule has 386 valence electrons. The lowest BCUT2D eigenvalue weighted by Gasteiger charge is -2.35. The number of benzene rings is 3. The normalized spacial score (nSPS) is 16.6. The molecule has 0 saturated carbocycles. The van der Waals surface area contributed by atoms with Crippen molar-refractivity contribution < 1.29 is 52.3 Å². The van der Waals surface area contributed by atoms with E-state index in [2.05, 4.69) is 43.0 Å². The quantitative estimate of drug-likeness (QED) is 0.0512. The van der Waals surface area contributed by atoms with Gasteiger partial charge in [0.2, 0.25) is 10.7 Å². The number of alkyl halides is 3. The summed E-state index contributed by atoms with van der Waals surface area (Å²) in [5.74, 6) is 1.98. The van der Waals surface area contributed by atoms with E-state index in [4.69, 9.17) is 71.2 Å². The van der Waals surface area contributed by atoms with Crippen molar-refractivity contribution in [1.29, 1.82) is 0 Å². The third-order valence-electron chi connectivity index (χ3n) is 11.0. The molecular weight excluding hydrogens is 1020 g/mol. The van der Waals surface area contributed by atoms with Gasteiger partial charge in [-0.15, -0.1) is 18.0 Å². The Morgan fingerprint density at radius 2 is 1.77 bits per heavy atom. The van der Waals surface area contributed by atoms with E-state index in [0.717, 1.165) is 54.1 Å². The molecule has 0 aliphatic carbocycles. The first-order valence-corrected chi connectivity index (χ1v) is 26.8. The molecule has 3 unspecified atom stereocenters. The number of rotatable bonds is 13. The molecule has 0 radical (unpaired) electrons. The Bertz CT molecular complexity index is 2670.